The monoisotopic (exact) mass is 446 g/mol. The third-order valence-corrected chi connectivity index (χ3v) is 6.47. The predicted octanol–water partition coefficient (Wildman–Crippen LogP) is 6.70. The number of hydrogen-bond acceptors (Lipinski definition) is 4. The van der Waals surface area contributed by atoms with Crippen LogP contribution in [0, 0.1) is 0 Å². The highest BCUT2D eigenvalue weighted by atomic mass is 32.1. The number of hydrogen-bond donors (Lipinski definition) is 0. The largest absolute Gasteiger partial charge is 0.401 e. The number of cyclic esters (lactones) is 1. The van der Waals surface area contributed by atoms with E-state index >= 15 is 0 Å². The van der Waals surface area contributed by atoms with Crippen molar-refractivity contribution in [1.82, 2.24) is 4.57 Å². The minimum absolute atomic E-state index is 0.298. The number of para-hydroxylation sites is 2. The maximum absolute atomic E-state index is 12.7. The van der Waals surface area contributed by atoms with Gasteiger partial charge in [0.05, 0.1) is 16.1 Å². The molecule has 0 radical (unpaired) electrons. The van der Waals surface area contributed by atoms with Crippen LogP contribution in [0.3, 0.4) is 0 Å². The average Bonchev–Trinajstić information content (AvgIpc) is 3.59. The molecule has 3 heterocycles. The van der Waals surface area contributed by atoms with Crippen LogP contribution in [0.4, 0.5) is 0 Å². The normalized spacial score (nSPS) is 14.6. The Labute approximate surface area is 194 Å². The highest BCUT2D eigenvalue weighted by Gasteiger charge is 2.27. The van der Waals surface area contributed by atoms with Crippen LogP contribution in [-0.2, 0) is 9.53 Å². The van der Waals surface area contributed by atoms with Crippen LogP contribution in [0.1, 0.15) is 10.4 Å². The van der Waals surface area contributed by atoms with Crippen molar-refractivity contribution in [2.75, 3.05) is 0 Å². The first-order chi connectivity index (χ1) is 16.3. The summed E-state index contributed by atoms with van der Waals surface area (Å²) in [5.74, 6) is -0.0803. The van der Waals surface area contributed by atoms with Crippen molar-refractivity contribution in [3.8, 4) is 16.9 Å². The minimum atomic E-state index is -0.436. The lowest BCUT2D eigenvalue weighted by Gasteiger charge is -2.12. The zero-order valence-corrected chi connectivity index (χ0v) is 18.3. The van der Waals surface area contributed by atoms with Gasteiger partial charge in [0, 0.05) is 16.6 Å². The number of fused-ring (bicyclic) bond motifs is 1. The van der Waals surface area contributed by atoms with Crippen molar-refractivity contribution in [3.05, 3.63) is 119 Å². The Balaban J connectivity index is 1.65. The van der Waals surface area contributed by atoms with Gasteiger partial charge in [0.1, 0.15) is 0 Å². The Kier molecular flexibility index (Phi) is 4.74. The fourth-order valence-electron chi connectivity index (χ4n) is 4.19. The first-order valence-electron chi connectivity index (χ1n) is 10.6. The highest BCUT2D eigenvalue weighted by molar-refractivity contribution is 7.12. The molecule has 0 atom stereocenters. The Morgan fingerprint density at radius 3 is 2.30 bits per heavy atom. The van der Waals surface area contributed by atoms with Gasteiger partial charge in [0.2, 0.25) is 5.90 Å². The van der Waals surface area contributed by atoms with Crippen molar-refractivity contribution in [2.45, 2.75) is 0 Å². The van der Waals surface area contributed by atoms with Crippen molar-refractivity contribution in [3.63, 3.8) is 0 Å². The molecule has 33 heavy (non-hydrogen) atoms. The molecule has 6 rings (SSSR count). The quantitative estimate of drug-likeness (QED) is 0.228. The molecule has 1 aliphatic rings. The lowest BCUT2D eigenvalue weighted by atomic mass is 10.0. The van der Waals surface area contributed by atoms with Gasteiger partial charge < -0.3 is 9.30 Å². The van der Waals surface area contributed by atoms with E-state index in [0.29, 0.717) is 11.6 Å². The number of carbonyl (C=O) groups is 1. The van der Waals surface area contributed by atoms with E-state index in [-0.39, 0.29) is 0 Å². The molecule has 0 aliphatic carbocycles. The maximum atomic E-state index is 12.7. The van der Waals surface area contributed by atoms with Gasteiger partial charge in [-0.15, -0.1) is 11.3 Å². The second-order valence-corrected chi connectivity index (χ2v) is 8.58. The molecule has 0 saturated carbocycles. The number of aliphatic imine (C=N–C) groups is 1. The van der Waals surface area contributed by atoms with Crippen molar-refractivity contribution >= 4 is 40.2 Å². The van der Waals surface area contributed by atoms with Gasteiger partial charge in [0.25, 0.3) is 0 Å². The van der Waals surface area contributed by atoms with Crippen molar-refractivity contribution in [2.24, 2.45) is 4.99 Å². The number of ether oxygens (including phenoxy) is 1. The van der Waals surface area contributed by atoms with E-state index in [0.717, 1.165) is 38.3 Å². The van der Waals surface area contributed by atoms with E-state index < -0.39 is 5.97 Å². The molecule has 0 unspecified atom stereocenters. The summed E-state index contributed by atoms with van der Waals surface area (Å²) in [6, 6.07) is 32.5. The number of nitrogens with zero attached hydrogens (tertiary/aromatic N) is 2. The predicted molar refractivity (Wildman–Crippen MR) is 134 cm³/mol. The molecular formula is C28H18N2O2S. The Morgan fingerprint density at radius 1 is 0.818 bits per heavy atom. The lowest BCUT2D eigenvalue weighted by Crippen LogP contribution is -2.03. The van der Waals surface area contributed by atoms with Gasteiger partial charge in [-0.3, -0.25) is 0 Å². The van der Waals surface area contributed by atoms with Crippen LogP contribution < -0.4 is 0 Å². The molecule has 0 fully saturated rings. The lowest BCUT2D eigenvalue weighted by molar-refractivity contribution is -0.129. The fraction of sp³-hybridized carbons (Fsp3) is 0. The zero-order chi connectivity index (χ0) is 22.2. The summed E-state index contributed by atoms with van der Waals surface area (Å²) < 4.78 is 7.72. The summed E-state index contributed by atoms with van der Waals surface area (Å²) in [4.78, 5) is 18.1. The number of benzene rings is 3. The molecule has 0 amide bonds. The number of carbonyl (C=O) groups excluding carboxylic acids is 1. The summed E-state index contributed by atoms with van der Waals surface area (Å²) in [6.45, 7) is 0. The summed E-state index contributed by atoms with van der Waals surface area (Å²) in [5, 5.41) is 2.98. The number of aromatic nitrogens is 1. The molecule has 5 aromatic rings. The zero-order valence-electron chi connectivity index (χ0n) is 17.5. The topological polar surface area (TPSA) is 43.6 Å². The SMILES string of the molecule is O=C1OC(c2cccs2)=N/C1=C\c1c(-c2ccccc2)n(-c2ccccc2)c2ccccc12. The summed E-state index contributed by atoms with van der Waals surface area (Å²) >= 11 is 1.50. The van der Waals surface area contributed by atoms with Crippen LogP contribution in [0.5, 0.6) is 0 Å². The van der Waals surface area contributed by atoms with Gasteiger partial charge in [-0.25, -0.2) is 9.79 Å². The van der Waals surface area contributed by atoms with E-state index in [2.05, 4.69) is 46.0 Å². The van der Waals surface area contributed by atoms with E-state index in [1.165, 1.54) is 11.3 Å². The standard InChI is InChI=1S/C28H18N2O2S/c31-28-23(29-27(32-28)25-16-9-17-33-25)18-22-21-14-7-8-15-24(21)30(20-12-5-2-6-13-20)26(22)19-10-3-1-4-11-19/h1-18H/b23-18-. The van der Waals surface area contributed by atoms with Crippen LogP contribution in [-0.4, -0.2) is 16.4 Å². The average molecular weight is 447 g/mol. The summed E-state index contributed by atoms with van der Waals surface area (Å²) in [7, 11) is 0. The summed E-state index contributed by atoms with van der Waals surface area (Å²) in [6.07, 6.45) is 1.85. The van der Waals surface area contributed by atoms with Crippen LogP contribution in [0.25, 0.3) is 33.9 Å². The first kappa shape index (κ1) is 19.5. The van der Waals surface area contributed by atoms with E-state index in [4.69, 9.17) is 4.74 Å². The first-order valence-corrected chi connectivity index (χ1v) is 11.5. The van der Waals surface area contributed by atoms with Crippen molar-refractivity contribution < 1.29 is 9.53 Å². The number of esters is 1. The van der Waals surface area contributed by atoms with Crippen molar-refractivity contribution in [1.29, 1.82) is 0 Å². The van der Waals surface area contributed by atoms with E-state index in [9.17, 15) is 4.79 Å². The molecule has 0 N–H and O–H groups in total. The Morgan fingerprint density at radius 2 is 1.55 bits per heavy atom. The van der Waals surface area contributed by atoms with Gasteiger partial charge >= 0.3 is 5.97 Å². The molecule has 4 nitrogen and oxygen atoms in total. The molecular weight excluding hydrogens is 428 g/mol. The third kappa shape index (κ3) is 3.39. The van der Waals surface area contributed by atoms with Crippen LogP contribution in [0.2, 0.25) is 0 Å². The Hall–Kier alpha value is -4.22. The molecule has 0 saturated heterocycles. The minimum Gasteiger partial charge on any atom is -0.401 e. The highest BCUT2D eigenvalue weighted by Crippen LogP contribution is 2.38. The molecule has 0 spiro atoms. The maximum Gasteiger partial charge on any atom is 0.363 e. The summed E-state index contributed by atoms with van der Waals surface area (Å²) in [5.41, 5.74) is 5.40. The van der Waals surface area contributed by atoms with Gasteiger partial charge in [-0.1, -0.05) is 72.8 Å². The smallest absolute Gasteiger partial charge is 0.363 e. The number of rotatable bonds is 4. The number of thiophene rings is 1. The molecule has 2 aromatic heterocycles. The second kappa shape index (κ2) is 8.04. The van der Waals surface area contributed by atoms with E-state index in [1.807, 2.05) is 72.1 Å². The van der Waals surface area contributed by atoms with Crippen LogP contribution in [0.15, 0.2) is 113 Å². The van der Waals surface area contributed by atoms with Crippen LogP contribution >= 0.6 is 11.3 Å². The molecule has 5 heteroatoms. The molecule has 158 valence electrons. The van der Waals surface area contributed by atoms with E-state index in [1.54, 1.807) is 0 Å². The third-order valence-electron chi connectivity index (χ3n) is 5.61. The van der Waals surface area contributed by atoms with Gasteiger partial charge in [0.15, 0.2) is 5.70 Å². The fourth-order valence-corrected chi connectivity index (χ4v) is 4.84. The molecule has 1 aliphatic heterocycles. The Bertz CT molecular complexity index is 1530. The van der Waals surface area contributed by atoms with Gasteiger partial charge in [-0.05, 0) is 41.3 Å². The molecule has 3 aromatic carbocycles. The second-order valence-electron chi connectivity index (χ2n) is 7.63. The van der Waals surface area contributed by atoms with Gasteiger partial charge in [-0.2, -0.15) is 0 Å². The molecule has 0 bridgehead atoms.